The van der Waals surface area contributed by atoms with Gasteiger partial charge < -0.3 is 0 Å². The molecular weight excluding hydrogens is 262 g/mol. The van der Waals surface area contributed by atoms with Gasteiger partial charge in [0.1, 0.15) is 5.41 Å². The molecule has 1 aliphatic rings. The molecule has 0 saturated carbocycles. The lowest BCUT2D eigenvalue weighted by Gasteiger charge is -2.36. The van der Waals surface area contributed by atoms with Gasteiger partial charge in [0, 0.05) is 6.08 Å². The first-order valence-corrected chi connectivity index (χ1v) is 6.81. The summed E-state index contributed by atoms with van der Waals surface area (Å²) >= 11 is 0. The maximum atomic E-state index is 12.8. The first-order chi connectivity index (χ1) is 10.2. The molecule has 1 N–H and O–H groups in total. The maximum Gasteiger partial charge on any atom is 0.250 e. The van der Waals surface area contributed by atoms with Gasteiger partial charge in [-0.15, -0.1) is 0 Å². The summed E-state index contributed by atoms with van der Waals surface area (Å²) in [4.78, 5) is 24.4. The molecule has 3 heteroatoms. The SMILES string of the molecule is CC1=CC(=O)NC(=O)C1(c1ccccc1)c1ccccc1. The smallest absolute Gasteiger partial charge is 0.250 e. The Morgan fingerprint density at radius 1 is 0.810 bits per heavy atom. The van der Waals surface area contributed by atoms with Crippen molar-refractivity contribution in [2.24, 2.45) is 0 Å². The summed E-state index contributed by atoms with van der Waals surface area (Å²) in [6.45, 7) is 1.83. The first-order valence-electron chi connectivity index (χ1n) is 6.81. The van der Waals surface area contributed by atoms with Crippen LogP contribution in [-0.2, 0) is 15.0 Å². The summed E-state index contributed by atoms with van der Waals surface area (Å²) < 4.78 is 0. The zero-order valence-corrected chi connectivity index (χ0v) is 11.7. The van der Waals surface area contributed by atoms with Crippen molar-refractivity contribution in [3.63, 3.8) is 0 Å². The fourth-order valence-corrected chi connectivity index (χ4v) is 2.99. The molecule has 0 aliphatic carbocycles. The van der Waals surface area contributed by atoms with Gasteiger partial charge in [0.2, 0.25) is 5.91 Å². The molecule has 104 valence electrons. The van der Waals surface area contributed by atoms with E-state index in [9.17, 15) is 9.59 Å². The molecule has 3 rings (SSSR count). The Morgan fingerprint density at radius 3 is 1.71 bits per heavy atom. The molecule has 0 saturated heterocycles. The van der Waals surface area contributed by atoms with Crippen molar-refractivity contribution in [1.29, 1.82) is 0 Å². The van der Waals surface area contributed by atoms with Gasteiger partial charge in [-0.25, -0.2) is 0 Å². The molecule has 0 spiro atoms. The van der Waals surface area contributed by atoms with E-state index in [0.717, 1.165) is 16.7 Å². The maximum absolute atomic E-state index is 12.8. The van der Waals surface area contributed by atoms with E-state index in [1.54, 1.807) is 0 Å². The van der Waals surface area contributed by atoms with Crippen LogP contribution in [0.15, 0.2) is 72.3 Å². The molecular formula is C18H15NO2. The molecule has 0 fully saturated rings. The summed E-state index contributed by atoms with van der Waals surface area (Å²) in [5.74, 6) is -0.662. The number of benzene rings is 2. The van der Waals surface area contributed by atoms with Gasteiger partial charge in [0.05, 0.1) is 0 Å². The standard InChI is InChI=1S/C18H15NO2/c1-13-12-16(20)19-17(21)18(13,14-8-4-2-5-9-14)15-10-6-3-7-11-15/h2-12H,1H3,(H,19,20,21). The van der Waals surface area contributed by atoms with Gasteiger partial charge in [0.25, 0.3) is 5.91 Å². The minimum atomic E-state index is -0.948. The monoisotopic (exact) mass is 277 g/mol. The van der Waals surface area contributed by atoms with Crippen LogP contribution in [0.4, 0.5) is 0 Å². The Morgan fingerprint density at radius 2 is 1.29 bits per heavy atom. The van der Waals surface area contributed by atoms with E-state index < -0.39 is 5.41 Å². The van der Waals surface area contributed by atoms with Crippen molar-refractivity contribution in [2.45, 2.75) is 12.3 Å². The lowest BCUT2D eigenvalue weighted by atomic mass is 9.67. The predicted octanol–water partition coefficient (Wildman–Crippen LogP) is 2.58. The normalized spacial score (nSPS) is 17.1. The van der Waals surface area contributed by atoms with E-state index in [0.29, 0.717) is 0 Å². The first kappa shape index (κ1) is 13.3. The third kappa shape index (κ3) is 1.98. The molecule has 0 bridgehead atoms. The number of imide groups is 1. The Hall–Kier alpha value is -2.68. The summed E-state index contributed by atoms with van der Waals surface area (Å²) in [7, 11) is 0. The fourth-order valence-electron chi connectivity index (χ4n) is 2.99. The molecule has 0 radical (unpaired) electrons. The van der Waals surface area contributed by atoms with E-state index in [-0.39, 0.29) is 11.8 Å². The van der Waals surface area contributed by atoms with Gasteiger partial charge in [-0.3, -0.25) is 14.9 Å². The van der Waals surface area contributed by atoms with E-state index in [4.69, 9.17) is 0 Å². The van der Waals surface area contributed by atoms with Gasteiger partial charge in [0.15, 0.2) is 0 Å². The molecule has 1 aliphatic heterocycles. The van der Waals surface area contributed by atoms with Gasteiger partial charge >= 0.3 is 0 Å². The molecule has 0 aromatic heterocycles. The summed E-state index contributed by atoms with van der Waals surface area (Å²) in [6, 6.07) is 19.1. The van der Waals surface area contributed by atoms with Crippen molar-refractivity contribution in [3.8, 4) is 0 Å². The summed E-state index contributed by atoms with van der Waals surface area (Å²) in [5, 5.41) is 2.44. The Kier molecular flexibility index (Phi) is 3.18. The molecule has 1 heterocycles. The zero-order valence-electron chi connectivity index (χ0n) is 11.7. The van der Waals surface area contributed by atoms with Crippen LogP contribution in [0.3, 0.4) is 0 Å². The highest BCUT2D eigenvalue weighted by Crippen LogP contribution is 2.40. The number of rotatable bonds is 2. The number of hydrogen-bond donors (Lipinski definition) is 1. The van der Waals surface area contributed by atoms with Crippen LogP contribution >= 0.6 is 0 Å². The van der Waals surface area contributed by atoms with Crippen molar-refractivity contribution < 1.29 is 9.59 Å². The quantitative estimate of drug-likeness (QED) is 0.858. The van der Waals surface area contributed by atoms with Crippen molar-refractivity contribution in [2.75, 3.05) is 0 Å². The average molecular weight is 277 g/mol. The Balaban J connectivity index is 2.34. The third-order valence-corrected chi connectivity index (χ3v) is 3.93. The Labute approximate surface area is 123 Å². The highest BCUT2D eigenvalue weighted by molar-refractivity contribution is 6.12. The average Bonchev–Trinajstić information content (AvgIpc) is 2.49. The zero-order chi connectivity index (χ0) is 14.9. The summed E-state index contributed by atoms with van der Waals surface area (Å²) in [6.07, 6.45) is 1.50. The fraction of sp³-hybridized carbons (Fsp3) is 0.111. The number of carbonyl (C=O) groups is 2. The molecule has 3 nitrogen and oxygen atoms in total. The second kappa shape index (κ2) is 5.02. The van der Waals surface area contributed by atoms with E-state index in [1.165, 1.54) is 6.08 Å². The summed E-state index contributed by atoms with van der Waals surface area (Å²) in [5.41, 5.74) is 1.50. The Bertz CT molecular complexity index is 678. The van der Waals surface area contributed by atoms with E-state index >= 15 is 0 Å². The molecule has 0 atom stereocenters. The van der Waals surface area contributed by atoms with Crippen molar-refractivity contribution in [3.05, 3.63) is 83.4 Å². The molecule has 2 aromatic carbocycles. The molecule has 0 unspecified atom stereocenters. The third-order valence-electron chi connectivity index (χ3n) is 3.93. The van der Waals surface area contributed by atoms with Crippen LogP contribution in [-0.4, -0.2) is 11.8 Å². The number of carbonyl (C=O) groups excluding carboxylic acids is 2. The van der Waals surface area contributed by atoms with E-state index in [2.05, 4.69) is 5.32 Å². The predicted molar refractivity (Wildman–Crippen MR) is 80.6 cm³/mol. The van der Waals surface area contributed by atoms with Crippen LogP contribution in [0.2, 0.25) is 0 Å². The molecule has 21 heavy (non-hydrogen) atoms. The topological polar surface area (TPSA) is 46.2 Å². The number of nitrogens with one attached hydrogen (secondary N) is 1. The second-order valence-corrected chi connectivity index (χ2v) is 5.13. The van der Waals surface area contributed by atoms with Crippen molar-refractivity contribution >= 4 is 11.8 Å². The second-order valence-electron chi connectivity index (χ2n) is 5.13. The number of hydrogen-bond acceptors (Lipinski definition) is 2. The number of amides is 2. The van der Waals surface area contributed by atoms with Crippen LogP contribution in [0.1, 0.15) is 18.1 Å². The van der Waals surface area contributed by atoms with Crippen LogP contribution < -0.4 is 5.32 Å². The highest BCUT2D eigenvalue weighted by atomic mass is 16.2. The minimum absolute atomic E-state index is 0.301. The van der Waals surface area contributed by atoms with Gasteiger partial charge in [-0.05, 0) is 23.6 Å². The lowest BCUT2D eigenvalue weighted by Crippen LogP contribution is -2.51. The highest BCUT2D eigenvalue weighted by Gasteiger charge is 2.46. The van der Waals surface area contributed by atoms with E-state index in [1.807, 2.05) is 67.6 Å². The van der Waals surface area contributed by atoms with Gasteiger partial charge in [-0.1, -0.05) is 60.7 Å². The van der Waals surface area contributed by atoms with Gasteiger partial charge in [-0.2, -0.15) is 0 Å². The molecule has 2 amide bonds. The van der Waals surface area contributed by atoms with Crippen LogP contribution in [0.25, 0.3) is 0 Å². The lowest BCUT2D eigenvalue weighted by molar-refractivity contribution is -0.131. The minimum Gasteiger partial charge on any atom is -0.291 e. The largest absolute Gasteiger partial charge is 0.291 e. The molecule has 2 aromatic rings. The van der Waals surface area contributed by atoms with Crippen LogP contribution in [0, 0.1) is 0 Å². The van der Waals surface area contributed by atoms with Crippen LogP contribution in [0.5, 0.6) is 0 Å². The van der Waals surface area contributed by atoms with Crippen molar-refractivity contribution in [1.82, 2.24) is 5.32 Å².